The van der Waals surface area contributed by atoms with Gasteiger partial charge < -0.3 is 0 Å². The van der Waals surface area contributed by atoms with Crippen molar-refractivity contribution >= 4 is 23.2 Å². The minimum Gasteiger partial charge on any atom is -0.293 e. The van der Waals surface area contributed by atoms with Crippen molar-refractivity contribution in [2.24, 2.45) is 0 Å². The number of ketones is 1. The third kappa shape index (κ3) is 3.45. The highest BCUT2D eigenvalue weighted by Gasteiger charge is 2.16. The zero-order valence-corrected chi connectivity index (χ0v) is 11.7. The van der Waals surface area contributed by atoms with Crippen molar-refractivity contribution in [3.63, 3.8) is 0 Å². The highest BCUT2D eigenvalue weighted by Crippen LogP contribution is 2.27. The van der Waals surface area contributed by atoms with Crippen molar-refractivity contribution in [2.75, 3.05) is 0 Å². The molecular formula is C15H13NO3S. The summed E-state index contributed by atoms with van der Waals surface area (Å²) in [6.45, 7) is 1.83. The molecular weight excluding hydrogens is 274 g/mol. The molecule has 0 heterocycles. The van der Waals surface area contributed by atoms with Crippen molar-refractivity contribution < 1.29 is 9.72 Å². The average Bonchev–Trinajstić information content (AvgIpc) is 2.48. The van der Waals surface area contributed by atoms with Gasteiger partial charge in [0, 0.05) is 22.6 Å². The minimum atomic E-state index is -0.438. The van der Waals surface area contributed by atoms with Gasteiger partial charge in [-0.3, -0.25) is 14.9 Å². The van der Waals surface area contributed by atoms with E-state index in [0.29, 0.717) is 5.56 Å². The molecule has 1 atom stereocenters. The van der Waals surface area contributed by atoms with Gasteiger partial charge in [0.05, 0.1) is 10.2 Å². The van der Waals surface area contributed by atoms with Crippen LogP contribution in [0.1, 0.15) is 17.3 Å². The van der Waals surface area contributed by atoms with Crippen LogP contribution in [0.2, 0.25) is 0 Å². The third-order valence-corrected chi connectivity index (χ3v) is 3.90. The van der Waals surface area contributed by atoms with Gasteiger partial charge in [-0.05, 0) is 19.1 Å². The van der Waals surface area contributed by atoms with Crippen LogP contribution in [0.3, 0.4) is 0 Å². The maximum atomic E-state index is 12.2. The molecule has 0 radical (unpaired) electrons. The second kappa shape index (κ2) is 6.34. The van der Waals surface area contributed by atoms with Gasteiger partial charge in [-0.25, -0.2) is 0 Å². The van der Waals surface area contributed by atoms with Gasteiger partial charge in [0.25, 0.3) is 5.69 Å². The van der Waals surface area contributed by atoms with Gasteiger partial charge in [0.15, 0.2) is 5.78 Å². The van der Waals surface area contributed by atoms with Gasteiger partial charge in [0.2, 0.25) is 0 Å². The van der Waals surface area contributed by atoms with E-state index < -0.39 is 4.92 Å². The molecule has 0 spiro atoms. The smallest absolute Gasteiger partial charge is 0.269 e. The summed E-state index contributed by atoms with van der Waals surface area (Å²) in [5.41, 5.74) is 0.728. The van der Waals surface area contributed by atoms with Crippen LogP contribution in [0.5, 0.6) is 0 Å². The molecule has 2 aromatic carbocycles. The van der Waals surface area contributed by atoms with E-state index in [-0.39, 0.29) is 16.7 Å². The number of hydrogen-bond donors (Lipinski definition) is 0. The van der Waals surface area contributed by atoms with Crippen LogP contribution in [-0.4, -0.2) is 16.0 Å². The Hall–Kier alpha value is -2.14. The zero-order valence-electron chi connectivity index (χ0n) is 10.9. The van der Waals surface area contributed by atoms with Crippen molar-refractivity contribution in [1.82, 2.24) is 0 Å². The maximum absolute atomic E-state index is 12.2. The summed E-state index contributed by atoms with van der Waals surface area (Å²) in [7, 11) is 0. The first-order valence-electron chi connectivity index (χ1n) is 6.08. The number of benzene rings is 2. The molecule has 0 aromatic heterocycles. The standard InChI is InChI=1S/C15H13NO3S/c1-11(15(17)12-5-3-2-4-6-12)20-14-9-7-13(8-10-14)16(18)19/h2-11H,1H3. The Labute approximate surface area is 121 Å². The lowest BCUT2D eigenvalue weighted by Gasteiger charge is -2.10. The number of Topliss-reactive ketones (excluding diaryl/α,β-unsaturated/α-hetero) is 1. The van der Waals surface area contributed by atoms with Crippen molar-refractivity contribution in [3.05, 3.63) is 70.3 Å². The monoisotopic (exact) mass is 287 g/mol. The molecule has 0 aliphatic rings. The van der Waals surface area contributed by atoms with E-state index in [1.165, 1.54) is 23.9 Å². The fourth-order valence-electron chi connectivity index (χ4n) is 1.74. The molecule has 0 N–H and O–H groups in total. The molecule has 2 rings (SSSR count). The second-order valence-electron chi connectivity index (χ2n) is 4.24. The van der Waals surface area contributed by atoms with Crippen molar-refractivity contribution in [2.45, 2.75) is 17.1 Å². The Morgan fingerprint density at radius 3 is 2.25 bits per heavy atom. The lowest BCUT2D eigenvalue weighted by atomic mass is 10.1. The van der Waals surface area contributed by atoms with Gasteiger partial charge in [-0.1, -0.05) is 30.3 Å². The minimum absolute atomic E-state index is 0.0500. The topological polar surface area (TPSA) is 60.2 Å². The Balaban J connectivity index is 2.06. The van der Waals surface area contributed by atoms with E-state index >= 15 is 0 Å². The number of carbonyl (C=O) groups excluding carboxylic acids is 1. The van der Waals surface area contributed by atoms with Crippen molar-refractivity contribution in [3.8, 4) is 0 Å². The lowest BCUT2D eigenvalue weighted by molar-refractivity contribution is -0.384. The Morgan fingerprint density at radius 1 is 1.10 bits per heavy atom. The molecule has 0 saturated carbocycles. The first-order valence-corrected chi connectivity index (χ1v) is 6.96. The summed E-state index contributed by atoms with van der Waals surface area (Å²) in [6, 6.07) is 15.3. The van der Waals surface area contributed by atoms with Crippen LogP contribution in [0.4, 0.5) is 5.69 Å². The first-order chi connectivity index (χ1) is 9.58. The van der Waals surface area contributed by atoms with E-state index in [1.807, 2.05) is 25.1 Å². The Kier molecular flexibility index (Phi) is 4.53. The van der Waals surface area contributed by atoms with Crippen LogP contribution in [0.25, 0.3) is 0 Å². The molecule has 0 fully saturated rings. The Bertz CT molecular complexity index is 611. The predicted molar refractivity (Wildman–Crippen MR) is 79.2 cm³/mol. The normalized spacial score (nSPS) is 11.8. The quantitative estimate of drug-likeness (QED) is 0.361. The number of nitro groups is 1. The molecule has 1 unspecified atom stereocenters. The molecule has 0 bridgehead atoms. The third-order valence-electron chi connectivity index (χ3n) is 2.79. The van der Waals surface area contributed by atoms with Gasteiger partial charge in [-0.2, -0.15) is 0 Å². The number of non-ortho nitro benzene ring substituents is 1. The van der Waals surface area contributed by atoms with E-state index in [2.05, 4.69) is 0 Å². The average molecular weight is 287 g/mol. The molecule has 102 valence electrons. The summed E-state index contributed by atoms with van der Waals surface area (Å²) in [5, 5.41) is 10.3. The summed E-state index contributed by atoms with van der Waals surface area (Å²) < 4.78 is 0. The van der Waals surface area contributed by atoms with E-state index in [0.717, 1.165) is 4.90 Å². The molecule has 2 aromatic rings. The molecule has 20 heavy (non-hydrogen) atoms. The fourth-order valence-corrected chi connectivity index (χ4v) is 2.69. The summed E-state index contributed by atoms with van der Waals surface area (Å²) >= 11 is 1.39. The molecule has 5 heteroatoms. The first kappa shape index (κ1) is 14.3. The number of rotatable bonds is 5. The molecule has 0 aliphatic heterocycles. The number of nitrogens with zero attached hydrogens (tertiary/aromatic N) is 1. The van der Waals surface area contributed by atoms with Gasteiger partial charge in [-0.15, -0.1) is 11.8 Å². The fraction of sp³-hybridized carbons (Fsp3) is 0.133. The summed E-state index contributed by atoms with van der Waals surface area (Å²) in [5.74, 6) is 0.0500. The molecule has 0 amide bonds. The van der Waals surface area contributed by atoms with Crippen LogP contribution in [0.15, 0.2) is 59.5 Å². The zero-order chi connectivity index (χ0) is 14.5. The predicted octanol–water partition coefficient (Wildman–Crippen LogP) is 3.96. The molecule has 4 nitrogen and oxygen atoms in total. The highest BCUT2D eigenvalue weighted by atomic mass is 32.2. The SMILES string of the molecule is CC(Sc1ccc([N+](=O)[O-])cc1)C(=O)c1ccccc1. The summed E-state index contributed by atoms with van der Waals surface area (Å²) in [6.07, 6.45) is 0. The number of hydrogen-bond acceptors (Lipinski definition) is 4. The Morgan fingerprint density at radius 2 is 1.70 bits per heavy atom. The van der Waals surface area contributed by atoms with E-state index in [9.17, 15) is 14.9 Å². The maximum Gasteiger partial charge on any atom is 0.269 e. The highest BCUT2D eigenvalue weighted by molar-refractivity contribution is 8.00. The molecule has 0 saturated heterocycles. The molecule has 0 aliphatic carbocycles. The second-order valence-corrected chi connectivity index (χ2v) is 5.66. The lowest BCUT2D eigenvalue weighted by Crippen LogP contribution is -2.13. The van der Waals surface area contributed by atoms with Crippen LogP contribution < -0.4 is 0 Å². The van der Waals surface area contributed by atoms with Crippen LogP contribution >= 0.6 is 11.8 Å². The van der Waals surface area contributed by atoms with Crippen molar-refractivity contribution in [1.29, 1.82) is 0 Å². The number of thioether (sulfide) groups is 1. The van der Waals surface area contributed by atoms with E-state index in [4.69, 9.17) is 0 Å². The summed E-state index contributed by atoms with van der Waals surface area (Å²) in [4.78, 5) is 23.2. The van der Waals surface area contributed by atoms with Gasteiger partial charge in [0.1, 0.15) is 0 Å². The number of carbonyl (C=O) groups is 1. The van der Waals surface area contributed by atoms with Crippen LogP contribution in [-0.2, 0) is 0 Å². The van der Waals surface area contributed by atoms with Gasteiger partial charge >= 0.3 is 0 Å². The van der Waals surface area contributed by atoms with E-state index in [1.54, 1.807) is 24.3 Å². The van der Waals surface area contributed by atoms with Crippen LogP contribution in [0, 0.1) is 10.1 Å². The largest absolute Gasteiger partial charge is 0.293 e. The number of nitro benzene ring substituents is 1.